The minimum Gasteiger partial charge on any atom is -0.387 e. The molecule has 23 heavy (non-hydrogen) atoms. The topological polar surface area (TPSA) is 43.8 Å². The molecule has 0 spiro atoms. The minimum atomic E-state index is -0.696. The van der Waals surface area contributed by atoms with Crippen molar-refractivity contribution in [3.63, 3.8) is 0 Å². The van der Waals surface area contributed by atoms with E-state index in [0.29, 0.717) is 18.2 Å². The molecule has 1 aromatic rings. The second-order valence-corrected chi connectivity index (χ2v) is 6.70. The van der Waals surface area contributed by atoms with Crippen molar-refractivity contribution in [2.45, 2.75) is 50.8 Å². The molecule has 2 saturated heterocycles. The second-order valence-electron chi connectivity index (χ2n) is 6.70. The Morgan fingerprint density at radius 1 is 1.30 bits per heavy atom. The molecule has 4 nitrogen and oxygen atoms in total. The average Bonchev–Trinajstić information content (AvgIpc) is 3.15. The molecule has 1 N–H and O–H groups in total. The van der Waals surface area contributed by atoms with Gasteiger partial charge in [0.05, 0.1) is 6.10 Å². The molecule has 0 aromatic heterocycles. The summed E-state index contributed by atoms with van der Waals surface area (Å²) < 4.78 is 13.3. The Labute approximate surface area is 136 Å². The van der Waals surface area contributed by atoms with E-state index in [0.717, 1.165) is 38.8 Å². The Kier molecular flexibility index (Phi) is 4.97. The lowest BCUT2D eigenvalue weighted by molar-refractivity contribution is -0.130. The number of halogens is 1. The Morgan fingerprint density at radius 2 is 2.04 bits per heavy atom. The molecule has 0 saturated carbocycles. The quantitative estimate of drug-likeness (QED) is 0.926. The van der Waals surface area contributed by atoms with Gasteiger partial charge in [-0.05, 0) is 49.9 Å². The summed E-state index contributed by atoms with van der Waals surface area (Å²) in [6.07, 6.45) is 3.55. The molecule has 1 aromatic carbocycles. The van der Waals surface area contributed by atoms with Crippen LogP contribution in [0, 0.1) is 5.82 Å². The number of benzene rings is 1. The Bertz CT molecular complexity index is 566. The number of amides is 1. The van der Waals surface area contributed by atoms with E-state index in [4.69, 9.17) is 0 Å². The van der Waals surface area contributed by atoms with E-state index >= 15 is 0 Å². The number of carbonyl (C=O) groups excluding carboxylic acids is 1. The van der Waals surface area contributed by atoms with Crippen LogP contribution in [-0.2, 0) is 4.79 Å². The maximum atomic E-state index is 13.3. The molecule has 3 atom stereocenters. The largest absolute Gasteiger partial charge is 0.387 e. The molecular formula is C18H25FN2O2. The number of nitrogens with zero attached hydrogens (tertiary/aromatic N) is 2. The smallest absolute Gasteiger partial charge is 0.219 e. The van der Waals surface area contributed by atoms with Crippen LogP contribution >= 0.6 is 0 Å². The summed E-state index contributed by atoms with van der Waals surface area (Å²) >= 11 is 0. The SMILES string of the molecule is CC(=O)N1CCC[C@@H]1[C@@H]1CCCN1C[C@H](O)c1cccc(F)c1. The van der Waals surface area contributed by atoms with Crippen molar-refractivity contribution in [2.75, 3.05) is 19.6 Å². The van der Waals surface area contributed by atoms with Gasteiger partial charge in [-0.3, -0.25) is 9.69 Å². The van der Waals surface area contributed by atoms with Gasteiger partial charge in [-0.25, -0.2) is 4.39 Å². The van der Waals surface area contributed by atoms with Crippen molar-refractivity contribution in [3.8, 4) is 0 Å². The summed E-state index contributed by atoms with van der Waals surface area (Å²) in [5.74, 6) is -0.178. The number of aliphatic hydroxyl groups excluding tert-OH is 1. The lowest BCUT2D eigenvalue weighted by Crippen LogP contribution is -2.48. The molecule has 2 aliphatic rings. The van der Waals surface area contributed by atoms with Gasteiger partial charge in [0.2, 0.25) is 5.91 Å². The van der Waals surface area contributed by atoms with Crippen molar-refractivity contribution >= 4 is 5.91 Å². The highest BCUT2D eigenvalue weighted by atomic mass is 19.1. The third-order valence-electron chi connectivity index (χ3n) is 5.20. The normalized spacial score (nSPS) is 26.7. The van der Waals surface area contributed by atoms with E-state index < -0.39 is 6.10 Å². The second kappa shape index (κ2) is 6.97. The number of β-amino-alcohol motifs (C(OH)–C–C–N with tert-alkyl or cyclic N) is 1. The number of carbonyl (C=O) groups is 1. The van der Waals surface area contributed by atoms with Crippen LogP contribution in [0.3, 0.4) is 0 Å². The lowest BCUT2D eigenvalue weighted by atomic mass is 10.0. The fourth-order valence-corrected chi connectivity index (χ4v) is 4.14. The number of hydrogen-bond acceptors (Lipinski definition) is 3. The highest BCUT2D eigenvalue weighted by Crippen LogP contribution is 2.31. The Morgan fingerprint density at radius 3 is 2.78 bits per heavy atom. The van der Waals surface area contributed by atoms with Crippen LogP contribution in [0.2, 0.25) is 0 Å². The van der Waals surface area contributed by atoms with Gasteiger partial charge < -0.3 is 10.0 Å². The molecular weight excluding hydrogens is 295 g/mol. The first-order valence-electron chi connectivity index (χ1n) is 8.51. The molecule has 2 fully saturated rings. The zero-order valence-corrected chi connectivity index (χ0v) is 13.6. The molecule has 0 bridgehead atoms. The van der Waals surface area contributed by atoms with Crippen molar-refractivity contribution in [1.29, 1.82) is 0 Å². The van der Waals surface area contributed by atoms with E-state index in [1.54, 1.807) is 19.1 Å². The summed E-state index contributed by atoms with van der Waals surface area (Å²) in [4.78, 5) is 16.1. The molecule has 1 amide bonds. The van der Waals surface area contributed by atoms with Gasteiger partial charge in [0.15, 0.2) is 0 Å². The summed E-state index contributed by atoms with van der Waals surface area (Å²) in [6.45, 7) is 3.91. The van der Waals surface area contributed by atoms with E-state index in [9.17, 15) is 14.3 Å². The molecule has 126 valence electrons. The van der Waals surface area contributed by atoms with Crippen LogP contribution in [0.15, 0.2) is 24.3 Å². The molecule has 5 heteroatoms. The van der Waals surface area contributed by atoms with Crippen LogP contribution in [0.25, 0.3) is 0 Å². The first-order chi connectivity index (χ1) is 11.1. The first-order valence-corrected chi connectivity index (χ1v) is 8.51. The fraction of sp³-hybridized carbons (Fsp3) is 0.611. The predicted molar refractivity (Wildman–Crippen MR) is 86.4 cm³/mol. The van der Waals surface area contributed by atoms with Gasteiger partial charge in [0, 0.05) is 32.1 Å². The van der Waals surface area contributed by atoms with Crippen LogP contribution < -0.4 is 0 Å². The number of hydrogen-bond donors (Lipinski definition) is 1. The van der Waals surface area contributed by atoms with E-state index in [1.807, 2.05) is 4.90 Å². The zero-order valence-electron chi connectivity index (χ0n) is 13.6. The standard InChI is InChI=1S/C18H25FN2O2/c1-13(22)21-10-4-8-17(21)16-7-3-9-20(16)12-18(23)14-5-2-6-15(19)11-14/h2,5-6,11,16-18,23H,3-4,7-10,12H2,1H3/t16-,17+,18-/m0/s1. The van der Waals surface area contributed by atoms with Crippen molar-refractivity contribution in [1.82, 2.24) is 9.80 Å². The van der Waals surface area contributed by atoms with Gasteiger partial charge in [0.25, 0.3) is 0 Å². The van der Waals surface area contributed by atoms with Gasteiger partial charge in [-0.2, -0.15) is 0 Å². The summed E-state index contributed by atoms with van der Waals surface area (Å²) in [7, 11) is 0. The van der Waals surface area contributed by atoms with Crippen molar-refractivity contribution < 1.29 is 14.3 Å². The maximum absolute atomic E-state index is 13.3. The van der Waals surface area contributed by atoms with E-state index in [2.05, 4.69) is 4.90 Å². The Hall–Kier alpha value is -1.46. The summed E-state index contributed by atoms with van der Waals surface area (Å²) in [5, 5.41) is 10.5. The molecule has 2 aliphatic heterocycles. The minimum absolute atomic E-state index is 0.144. The average molecular weight is 320 g/mol. The van der Waals surface area contributed by atoms with Gasteiger partial charge >= 0.3 is 0 Å². The Balaban J connectivity index is 1.68. The van der Waals surface area contributed by atoms with Gasteiger partial charge in [0.1, 0.15) is 5.82 Å². The first kappa shape index (κ1) is 16.4. The van der Waals surface area contributed by atoms with E-state index in [-0.39, 0.29) is 17.8 Å². The number of rotatable bonds is 4. The molecule has 0 aliphatic carbocycles. The monoisotopic (exact) mass is 320 g/mol. The third-order valence-corrected chi connectivity index (χ3v) is 5.20. The molecule has 0 radical (unpaired) electrons. The molecule has 0 unspecified atom stereocenters. The van der Waals surface area contributed by atoms with Gasteiger partial charge in [-0.15, -0.1) is 0 Å². The number of likely N-dealkylation sites (tertiary alicyclic amines) is 2. The van der Waals surface area contributed by atoms with Crippen molar-refractivity contribution in [3.05, 3.63) is 35.6 Å². The third kappa shape index (κ3) is 3.56. The summed E-state index contributed by atoms with van der Waals surface area (Å²) in [6, 6.07) is 6.74. The number of aliphatic hydroxyl groups is 1. The van der Waals surface area contributed by atoms with Gasteiger partial charge in [-0.1, -0.05) is 12.1 Å². The van der Waals surface area contributed by atoms with Crippen LogP contribution in [0.1, 0.15) is 44.3 Å². The van der Waals surface area contributed by atoms with Crippen LogP contribution in [0.4, 0.5) is 4.39 Å². The lowest BCUT2D eigenvalue weighted by Gasteiger charge is -2.35. The van der Waals surface area contributed by atoms with E-state index in [1.165, 1.54) is 12.1 Å². The summed E-state index contributed by atoms with van der Waals surface area (Å²) in [5.41, 5.74) is 0.616. The molecule has 3 rings (SSSR count). The van der Waals surface area contributed by atoms with Crippen LogP contribution in [0.5, 0.6) is 0 Å². The zero-order chi connectivity index (χ0) is 16.4. The predicted octanol–water partition coefficient (Wildman–Crippen LogP) is 2.33. The maximum Gasteiger partial charge on any atom is 0.219 e. The highest BCUT2D eigenvalue weighted by Gasteiger charge is 2.39. The van der Waals surface area contributed by atoms with Crippen LogP contribution in [-0.4, -0.2) is 52.5 Å². The highest BCUT2D eigenvalue weighted by molar-refractivity contribution is 5.74. The molecule has 2 heterocycles. The van der Waals surface area contributed by atoms with Crippen molar-refractivity contribution in [2.24, 2.45) is 0 Å². The fourth-order valence-electron chi connectivity index (χ4n) is 4.14.